The van der Waals surface area contributed by atoms with Crippen molar-refractivity contribution < 1.29 is 23.9 Å². The van der Waals surface area contributed by atoms with E-state index in [-0.39, 0.29) is 43.2 Å². The zero-order valence-corrected chi connectivity index (χ0v) is 19.7. The predicted molar refractivity (Wildman–Crippen MR) is 128 cm³/mol. The molecule has 0 atom stereocenters. The molecule has 34 heavy (non-hydrogen) atoms. The molecular weight excluding hydrogens is 456 g/mol. The highest BCUT2D eigenvalue weighted by atomic mass is 32.2. The molecule has 4 rings (SSSR count). The van der Waals surface area contributed by atoms with E-state index >= 15 is 0 Å². The second-order valence-electron chi connectivity index (χ2n) is 8.06. The zero-order chi connectivity index (χ0) is 23.8. The van der Waals surface area contributed by atoms with Gasteiger partial charge in [-0.25, -0.2) is 4.98 Å². The molecule has 180 valence electrons. The third kappa shape index (κ3) is 6.40. The maximum absolute atomic E-state index is 12.7. The van der Waals surface area contributed by atoms with Crippen LogP contribution in [0.5, 0.6) is 11.5 Å². The van der Waals surface area contributed by atoms with Crippen LogP contribution in [0.4, 0.5) is 5.69 Å². The lowest BCUT2D eigenvalue weighted by molar-refractivity contribution is -0.131. The first-order chi connectivity index (χ1) is 16.6. The van der Waals surface area contributed by atoms with E-state index in [4.69, 9.17) is 9.47 Å². The number of hydrogen-bond donors (Lipinski definition) is 2. The summed E-state index contributed by atoms with van der Waals surface area (Å²) in [6.07, 6.45) is 6.25. The second-order valence-corrected chi connectivity index (χ2v) is 9.03. The molecule has 0 bridgehead atoms. The van der Waals surface area contributed by atoms with E-state index in [2.05, 4.69) is 15.6 Å². The lowest BCUT2D eigenvalue weighted by Gasteiger charge is -2.20. The van der Waals surface area contributed by atoms with Gasteiger partial charge in [0, 0.05) is 44.0 Å². The van der Waals surface area contributed by atoms with Crippen LogP contribution in [-0.2, 0) is 9.59 Å². The van der Waals surface area contributed by atoms with Gasteiger partial charge in [-0.05, 0) is 37.1 Å². The number of rotatable bonds is 8. The van der Waals surface area contributed by atoms with Gasteiger partial charge in [-0.15, -0.1) is 0 Å². The van der Waals surface area contributed by atoms with Crippen molar-refractivity contribution in [2.24, 2.45) is 0 Å². The van der Waals surface area contributed by atoms with Gasteiger partial charge in [-0.1, -0.05) is 24.6 Å². The Kier molecular flexibility index (Phi) is 8.24. The normalized spacial score (nSPS) is 14.9. The maximum atomic E-state index is 12.7. The minimum atomic E-state index is -0.310. The first-order valence-corrected chi connectivity index (χ1v) is 12.4. The Morgan fingerprint density at radius 1 is 1.03 bits per heavy atom. The Morgan fingerprint density at radius 3 is 2.65 bits per heavy atom. The van der Waals surface area contributed by atoms with Crippen LogP contribution in [0, 0.1) is 0 Å². The van der Waals surface area contributed by atoms with Crippen LogP contribution in [0.3, 0.4) is 0 Å². The van der Waals surface area contributed by atoms with Gasteiger partial charge in [0.2, 0.25) is 18.6 Å². The van der Waals surface area contributed by atoms with Crippen LogP contribution in [0.15, 0.2) is 41.6 Å². The Balaban J connectivity index is 1.26. The second kappa shape index (κ2) is 11.7. The van der Waals surface area contributed by atoms with Crippen LogP contribution in [0.25, 0.3) is 0 Å². The molecule has 3 heterocycles. The molecule has 2 N–H and O–H groups in total. The average molecular weight is 485 g/mol. The van der Waals surface area contributed by atoms with E-state index in [0.717, 1.165) is 38.8 Å². The molecule has 10 heteroatoms. The smallest absolute Gasteiger partial charge is 0.254 e. The molecule has 2 aliphatic rings. The predicted octanol–water partition coefficient (Wildman–Crippen LogP) is 3.06. The van der Waals surface area contributed by atoms with Crippen molar-refractivity contribution in [1.29, 1.82) is 0 Å². The Hall–Kier alpha value is -3.27. The van der Waals surface area contributed by atoms with Crippen LogP contribution < -0.4 is 20.1 Å². The fraction of sp³-hybridized carbons (Fsp3) is 0.417. The number of hydrogen-bond acceptors (Lipinski definition) is 7. The summed E-state index contributed by atoms with van der Waals surface area (Å²) in [6.45, 7) is 2.02. The van der Waals surface area contributed by atoms with Gasteiger partial charge < -0.3 is 25.0 Å². The number of anilines is 1. The van der Waals surface area contributed by atoms with Crippen molar-refractivity contribution >= 4 is 35.2 Å². The average Bonchev–Trinajstić information content (AvgIpc) is 3.14. The van der Waals surface area contributed by atoms with Crippen LogP contribution in [0.1, 0.15) is 42.5 Å². The molecule has 1 aromatic heterocycles. The van der Waals surface area contributed by atoms with Gasteiger partial charge in [-0.3, -0.25) is 14.4 Å². The first-order valence-electron chi connectivity index (χ1n) is 11.4. The van der Waals surface area contributed by atoms with Crippen molar-refractivity contribution in [2.45, 2.75) is 37.1 Å². The fourth-order valence-corrected chi connectivity index (χ4v) is 4.63. The number of thioether (sulfide) groups is 1. The Bertz CT molecular complexity index is 1040. The summed E-state index contributed by atoms with van der Waals surface area (Å²) in [5, 5.41) is 6.08. The van der Waals surface area contributed by atoms with Gasteiger partial charge in [0.1, 0.15) is 5.03 Å². The molecule has 2 aliphatic heterocycles. The van der Waals surface area contributed by atoms with Crippen molar-refractivity contribution in [3.63, 3.8) is 0 Å². The molecule has 0 aliphatic carbocycles. The topological polar surface area (TPSA) is 110 Å². The number of fused-ring (bicyclic) bond motifs is 1. The number of benzene rings is 1. The summed E-state index contributed by atoms with van der Waals surface area (Å²) in [7, 11) is 0. The summed E-state index contributed by atoms with van der Waals surface area (Å²) in [6, 6.07) is 8.52. The molecular formula is C24H28N4O5S. The molecule has 0 spiro atoms. The highest BCUT2D eigenvalue weighted by molar-refractivity contribution is 8.00. The molecule has 2 aromatic rings. The number of ether oxygens (including phenoxy) is 2. The van der Waals surface area contributed by atoms with Gasteiger partial charge in [0.05, 0.1) is 11.3 Å². The number of pyridine rings is 1. The van der Waals surface area contributed by atoms with Crippen LogP contribution in [-0.4, -0.2) is 59.8 Å². The number of nitrogens with zero attached hydrogens (tertiary/aromatic N) is 2. The molecule has 0 radical (unpaired) electrons. The molecule has 3 amide bonds. The number of carbonyl (C=O) groups is 3. The highest BCUT2D eigenvalue weighted by Crippen LogP contribution is 2.34. The summed E-state index contributed by atoms with van der Waals surface area (Å²) < 4.78 is 10.6. The fourth-order valence-electron chi connectivity index (χ4n) is 3.84. The van der Waals surface area contributed by atoms with Crippen molar-refractivity contribution in [2.75, 3.05) is 37.5 Å². The van der Waals surface area contributed by atoms with E-state index in [9.17, 15) is 14.4 Å². The third-order valence-electron chi connectivity index (χ3n) is 5.60. The highest BCUT2D eigenvalue weighted by Gasteiger charge is 2.18. The number of carbonyl (C=O) groups excluding carboxylic acids is 3. The number of amides is 3. The molecule has 0 unspecified atom stereocenters. The van der Waals surface area contributed by atoms with Crippen LogP contribution >= 0.6 is 11.8 Å². The molecule has 1 saturated heterocycles. The minimum absolute atomic E-state index is 0.0724. The molecule has 1 fully saturated rings. The molecule has 9 nitrogen and oxygen atoms in total. The quantitative estimate of drug-likeness (QED) is 0.554. The maximum Gasteiger partial charge on any atom is 0.254 e. The minimum Gasteiger partial charge on any atom is -0.454 e. The molecule has 1 aromatic carbocycles. The van der Waals surface area contributed by atoms with E-state index in [1.807, 2.05) is 4.90 Å². The SMILES string of the molecule is O=C(CSc1ncccc1C(=O)NCCC(=O)N1CCCCCC1)Nc1ccc2c(c1)OCO2. The van der Waals surface area contributed by atoms with Gasteiger partial charge in [-0.2, -0.15) is 0 Å². The van der Waals surface area contributed by atoms with Gasteiger partial charge in [0.25, 0.3) is 5.91 Å². The first kappa shape index (κ1) is 23.9. The summed E-state index contributed by atoms with van der Waals surface area (Å²) in [5.41, 5.74) is 0.980. The van der Waals surface area contributed by atoms with Crippen LogP contribution in [0.2, 0.25) is 0 Å². The summed E-state index contributed by atoms with van der Waals surface area (Å²) in [4.78, 5) is 43.7. The van der Waals surface area contributed by atoms with E-state index < -0.39 is 0 Å². The monoisotopic (exact) mass is 484 g/mol. The lowest BCUT2D eigenvalue weighted by atomic mass is 10.2. The summed E-state index contributed by atoms with van der Waals surface area (Å²) >= 11 is 1.18. The van der Waals surface area contributed by atoms with E-state index in [1.165, 1.54) is 11.8 Å². The third-order valence-corrected chi connectivity index (χ3v) is 6.60. The Morgan fingerprint density at radius 2 is 1.82 bits per heavy atom. The standard InChI is InChI=1S/C24H28N4O5S/c29-21(27-17-7-8-19-20(14-17)33-16-32-19)15-34-24-18(6-5-10-26-24)23(31)25-11-9-22(30)28-12-3-1-2-4-13-28/h5-8,10,14H,1-4,9,11-13,15-16H2,(H,25,31)(H,27,29). The van der Waals surface area contributed by atoms with Crippen molar-refractivity contribution in [1.82, 2.24) is 15.2 Å². The lowest BCUT2D eigenvalue weighted by Crippen LogP contribution is -2.35. The largest absolute Gasteiger partial charge is 0.454 e. The molecule has 0 saturated carbocycles. The summed E-state index contributed by atoms with van der Waals surface area (Å²) in [5.74, 6) is 0.842. The van der Waals surface area contributed by atoms with Gasteiger partial charge >= 0.3 is 0 Å². The number of aromatic nitrogens is 1. The van der Waals surface area contributed by atoms with Crippen molar-refractivity contribution in [3.05, 3.63) is 42.1 Å². The Labute approximate surface area is 202 Å². The van der Waals surface area contributed by atoms with E-state index in [1.54, 1.807) is 36.5 Å². The number of nitrogens with one attached hydrogen (secondary N) is 2. The zero-order valence-electron chi connectivity index (χ0n) is 18.9. The van der Waals surface area contributed by atoms with Gasteiger partial charge in [0.15, 0.2) is 11.5 Å². The van der Waals surface area contributed by atoms with Crippen molar-refractivity contribution in [3.8, 4) is 11.5 Å². The van der Waals surface area contributed by atoms with E-state index in [0.29, 0.717) is 27.8 Å². The number of likely N-dealkylation sites (tertiary alicyclic amines) is 1.